The molecule has 0 fully saturated rings. The van der Waals surface area contributed by atoms with E-state index in [1.54, 1.807) is 0 Å². The Balaban J connectivity index is 3.91. The van der Waals surface area contributed by atoms with E-state index in [9.17, 15) is 22.9 Å². The third-order valence-corrected chi connectivity index (χ3v) is 11.0. The van der Waals surface area contributed by atoms with Crippen molar-refractivity contribution < 1.29 is 22.9 Å². The molecule has 6 nitrogen and oxygen atoms in total. The molecule has 0 rings (SSSR count). The van der Waals surface area contributed by atoms with Crippen molar-refractivity contribution in [3.8, 4) is 0 Å². The molecule has 3 N–H and O–H groups in total. The molecular weight excluding hydrogens is 691 g/mol. The lowest BCUT2D eigenvalue weighted by atomic mass is 10.0. The summed E-state index contributed by atoms with van der Waals surface area (Å²) < 4.78 is 32.6. The van der Waals surface area contributed by atoms with Gasteiger partial charge < -0.3 is 10.4 Å². The molecule has 54 heavy (non-hydrogen) atoms. The van der Waals surface area contributed by atoms with Crippen LogP contribution in [-0.2, 0) is 14.9 Å². The number of carbonyl (C=O) groups excluding carboxylic acids is 1. The van der Waals surface area contributed by atoms with E-state index in [0.29, 0.717) is 6.42 Å². The van der Waals surface area contributed by atoms with Gasteiger partial charge in [0.15, 0.2) is 0 Å². The van der Waals surface area contributed by atoms with Gasteiger partial charge in [0.25, 0.3) is 10.1 Å². The summed E-state index contributed by atoms with van der Waals surface area (Å²) in [6.45, 7) is 4.53. The number of hydrogen-bond donors (Lipinski definition) is 3. The highest BCUT2D eigenvalue weighted by Crippen LogP contribution is 2.14. The number of unbranched alkanes of at least 4 members (excludes halogenated alkanes) is 27. The number of hydrogen-bond acceptors (Lipinski definition) is 4. The number of aliphatic hydroxyl groups is 1. The molecule has 2 atom stereocenters. The fourth-order valence-corrected chi connectivity index (χ4v) is 7.52. The first-order valence-electron chi connectivity index (χ1n) is 22.8. The molecule has 0 aromatic rings. The molecule has 2 unspecified atom stereocenters. The zero-order valence-electron chi connectivity index (χ0n) is 35.3. The van der Waals surface area contributed by atoms with Gasteiger partial charge in [0.05, 0.1) is 17.9 Å². The predicted molar refractivity (Wildman–Crippen MR) is 235 cm³/mol. The van der Waals surface area contributed by atoms with Crippen molar-refractivity contribution >= 4 is 16.0 Å². The molecule has 0 aliphatic heterocycles. The molecule has 316 valence electrons. The van der Waals surface area contributed by atoms with Gasteiger partial charge in [0, 0.05) is 6.42 Å². The van der Waals surface area contributed by atoms with Crippen LogP contribution in [0.1, 0.15) is 226 Å². The number of nitrogens with one attached hydrogen (secondary N) is 1. The lowest BCUT2D eigenvalue weighted by Gasteiger charge is -2.21. The van der Waals surface area contributed by atoms with Gasteiger partial charge in [-0.25, -0.2) is 0 Å². The number of allylic oxidation sites excluding steroid dienone is 7. The summed E-state index contributed by atoms with van der Waals surface area (Å²) in [6, 6.07) is -1.08. The van der Waals surface area contributed by atoms with E-state index in [0.717, 1.165) is 44.9 Å². The van der Waals surface area contributed by atoms with E-state index < -0.39 is 28.0 Å². The Morgan fingerprint density at radius 1 is 0.500 bits per heavy atom. The summed E-state index contributed by atoms with van der Waals surface area (Å²) in [4.78, 5) is 12.5. The van der Waals surface area contributed by atoms with Crippen molar-refractivity contribution in [3.63, 3.8) is 0 Å². The third kappa shape index (κ3) is 41.5. The van der Waals surface area contributed by atoms with Crippen molar-refractivity contribution in [1.29, 1.82) is 0 Å². The van der Waals surface area contributed by atoms with Gasteiger partial charge in [-0.3, -0.25) is 9.35 Å². The topological polar surface area (TPSA) is 104 Å². The molecule has 0 radical (unpaired) electrons. The highest BCUT2D eigenvalue weighted by molar-refractivity contribution is 7.85. The summed E-state index contributed by atoms with van der Waals surface area (Å²) in [5.41, 5.74) is 0. The molecule has 0 spiro atoms. The molecular formula is C47H87NO5S. The maximum absolute atomic E-state index is 12.5. The molecule has 0 aliphatic rings. The average Bonchev–Trinajstić information content (AvgIpc) is 3.14. The minimum absolute atomic E-state index is 0.282. The van der Waals surface area contributed by atoms with Crippen molar-refractivity contribution in [1.82, 2.24) is 5.32 Å². The van der Waals surface area contributed by atoms with Crippen LogP contribution >= 0.6 is 0 Å². The van der Waals surface area contributed by atoms with E-state index in [1.807, 2.05) is 6.08 Å². The van der Waals surface area contributed by atoms with Crippen LogP contribution in [0.25, 0.3) is 0 Å². The van der Waals surface area contributed by atoms with Crippen LogP contribution in [0.15, 0.2) is 48.6 Å². The molecule has 0 aromatic heterocycles. The van der Waals surface area contributed by atoms with Crippen LogP contribution in [0.5, 0.6) is 0 Å². The van der Waals surface area contributed by atoms with Crippen LogP contribution in [0.4, 0.5) is 0 Å². The van der Waals surface area contributed by atoms with Gasteiger partial charge >= 0.3 is 0 Å². The van der Waals surface area contributed by atoms with Gasteiger partial charge in [-0.15, -0.1) is 0 Å². The minimum Gasteiger partial charge on any atom is -0.387 e. The normalized spacial score (nSPS) is 13.6. The van der Waals surface area contributed by atoms with Crippen LogP contribution in [0, 0.1) is 0 Å². The standard InChI is InChI=1S/C47H87NO5S/c1-3-5-7-9-11-13-15-17-19-21-23-24-25-27-29-31-33-35-37-39-41-43-47(50)48-45(44-54(51,52)53)46(49)42-40-38-36-34-32-30-28-26-22-20-18-16-14-12-10-8-6-4-2/h15,17,21,23,32,34,40,42,45-46,49H,3-14,16,18-20,22,24-31,33,35-39,41,43-44H2,1-2H3,(H,48,50)(H,51,52,53)/b17-15-,23-21-,34-32+,42-40+. The lowest BCUT2D eigenvalue weighted by Crippen LogP contribution is -2.46. The minimum atomic E-state index is -4.36. The van der Waals surface area contributed by atoms with Crippen molar-refractivity contribution in [2.45, 2.75) is 238 Å². The van der Waals surface area contributed by atoms with Crippen LogP contribution in [-0.4, -0.2) is 41.9 Å². The van der Waals surface area contributed by atoms with Gasteiger partial charge in [0.2, 0.25) is 5.91 Å². The van der Waals surface area contributed by atoms with Gasteiger partial charge in [0.1, 0.15) is 0 Å². The second-order valence-corrected chi connectivity index (χ2v) is 17.2. The summed E-state index contributed by atoms with van der Waals surface area (Å²) in [5, 5.41) is 13.2. The fourth-order valence-electron chi connectivity index (χ4n) is 6.79. The summed E-state index contributed by atoms with van der Waals surface area (Å²) >= 11 is 0. The van der Waals surface area contributed by atoms with Crippen molar-refractivity contribution in [3.05, 3.63) is 48.6 Å². The second kappa shape index (κ2) is 40.9. The first-order valence-corrected chi connectivity index (χ1v) is 24.4. The van der Waals surface area contributed by atoms with Crippen LogP contribution < -0.4 is 5.32 Å². The van der Waals surface area contributed by atoms with E-state index in [1.165, 1.54) is 160 Å². The van der Waals surface area contributed by atoms with Crippen LogP contribution in [0.2, 0.25) is 0 Å². The zero-order valence-corrected chi connectivity index (χ0v) is 36.2. The largest absolute Gasteiger partial charge is 0.387 e. The molecule has 7 heteroatoms. The smallest absolute Gasteiger partial charge is 0.267 e. The SMILES string of the molecule is CCCCCCC/C=C\C/C=C\CCCCCCCCCCCC(=O)NC(CS(=O)(=O)O)C(O)/C=C/CC/C=C/CCCCCCCCCCCCCC. The summed E-state index contributed by atoms with van der Waals surface area (Å²) in [6.07, 6.45) is 55.3. The Morgan fingerprint density at radius 2 is 0.852 bits per heavy atom. The van der Waals surface area contributed by atoms with E-state index in [-0.39, 0.29) is 12.3 Å². The third-order valence-electron chi connectivity index (χ3n) is 10.2. The molecule has 0 aromatic carbocycles. The number of rotatable bonds is 41. The molecule has 0 saturated carbocycles. The molecule has 0 aliphatic carbocycles. The quantitative estimate of drug-likeness (QED) is 0.0326. The predicted octanol–water partition coefficient (Wildman–Crippen LogP) is 13.9. The molecule has 0 saturated heterocycles. The van der Waals surface area contributed by atoms with Crippen molar-refractivity contribution in [2.75, 3.05) is 5.75 Å². The first kappa shape index (κ1) is 52.3. The van der Waals surface area contributed by atoms with Crippen molar-refractivity contribution in [2.24, 2.45) is 0 Å². The average molecular weight is 778 g/mol. The highest BCUT2D eigenvalue weighted by atomic mass is 32.2. The monoisotopic (exact) mass is 778 g/mol. The Bertz CT molecular complexity index is 1030. The lowest BCUT2D eigenvalue weighted by molar-refractivity contribution is -0.122. The highest BCUT2D eigenvalue weighted by Gasteiger charge is 2.24. The van der Waals surface area contributed by atoms with E-state index in [4.69, 9.17) is 0 Å². The number of aliphatic hydroxyl groups excluding tert-OH is 1. The van der Waals surface area contributed by atoms with Crippen LogP contribution in [0.3, 0.4) is 0 Å². The number of carbonyl (C=O) groups is 1. The van der Waals surface area contributed by atoms with Gasteiger partial charge in [-0.2, -0.15) is 8.42 Å². The maximum Gasteiger partial charge on any atom is 0.267 e. The zero-order chi connectivity index (χ0) is 39.6. The van der Waals surface area contributed by atoms with Gasteiger partial charge in [-0.05, 0) is 64.2 Å². The Kier molecular flexibility index (Phi) is 39.7. The first-order chi connectivity index (χ1) is 26.3. The van der Waals surface area contributed by atoms with Gasteiger partial charge in [-0.1, -0.05) is 204 Å². The Labute approximate surface area is 335 Å². The molecule has 0 bridgehead atoms. The number of amides is 1. The van der Waals surface area contributed by atoms with E-state index in [2.05, 4.69) is 55.6 Å². The maximum atomic E-state index is 12.5. The summed E-state index contributed by atoms with van der Waals surface area (Å²) in [5.74, 6) is -1.00. The Morgan fingerprint density at radius 3 is 1.28 bits per heavy atom. The fraction of sp³-hybridized carbons (Fsp3) is 0.809. The van der Waals surface area contributed by atoms with E-state index >= 15 is 0 Å². The molecule has 0 heterocycles. The Hall–Kier alpha value is -1.70. The summed E-state index contributed by atoms with van der Waals surface area (Å²) in [7, 11) is -4.36. The second-order valence-electron chi connectivity index (χ2n) is 15.7. The molecule has 1 amide bonds.